The Bertz CT molecular complexity index is 1830. The summed E-state index contributed by atoms with van der Waals surface area (Å²) in [7, 11) is -5.01. The first-order valence-corrected chi connectivity index (χ1v) is 17.0. The third-order valence-corrected chi connectivity index (χ3v) is 9.86. The number of hydrogen-bond donors (Lipinski definition) is 6. The number of aliphatic hydroxyl groups excluding tert-OH is 2. The minimum absolute atomic E-state index is 0.0577. The van der Waals surface area contributed by atoms with Gasteiger partial charge in [0.25, 0.3) is 0 Å². The van der Waals surface area contributed by atoms with Gasteiger partial charge < -0.3 is 36.0 Å². The summed E-state index contributed by atoms with van der Waals surface area (Å²) in [5, 5.41) is 22.3. The maximum atomic E-state index is 13.4. The van der Waals surface area contributed by atoms with E-state index < -0.39 is 76.9 Å². The van der Waals surface area contributed by atoms with E-state index in [-0.39, 0.29) is 34.0 Å². The molecule has 0 spiro atoms. The first kappa shape index (κ1) is 29.8. The molecule has 0 aliphatic carbocycles. The number of nitrogens with zero attached hydrogens (tertiary/aromatic N) is 8. The number of nitrogens with two attached hydrogens (primary N) is 2. The van der Waals surface area contributed by atoms with E-state index >= 15 is 0 Å². The van der Waals surface area contributed by atoms with E-state index in [1.165, 1.54) is 34.4 Å². The SMILES string of the molecule is Nc1ncnc2c1ncn2[C@@H]1O[C@@H]2COP(=O)(O)O[C@@H]3[C@H](O)[C@@H](CO[P@@](=O)(S)O[C@H]2[C@H]1O)O[C@H]3n1cnc2c(N)ncnc21. The molecule has 21 nitrogen and oxygen atoms in total. The van der Waals surface area contributed by atoms with E-state index in [9.17, 15) is 24.2 Å². The van der Waals surface area contributed by atoms with Gasteiger partial charge in [-0.25, -0.2) is 39.0 Å². The molecule has 0 saturated carbocycles. The van der Waals surface area contributed by atoms with Gasteiger partial charge >= 0.3 is 14.6 Å². The Kier molecular flexibility index (Phi) is 7.39. The molecule has 0 radical (unpaired) electrons. The zero-order valence-electron chi connectivity index (χ0n) is 22.0. The predicted molar refractivity (Wildman–Crippen MR) is 147 cm³/mol. The monoisotopic (exact) mass is 674 g/mol. The molecule has 236 valence electrons. The van der Waals surface area contributed by atoms with Gasteiger partial charge in [-0.05, 0) is 0 Å². The molecule has 10 atom stereocenters. The molecule has 3 fully saturated rings. The van der Waals surface area contributed by atoms with Gasteiger partial charge in [-0.1, -0.05) is 12.2 Å². The molecule has 24 heteroatoms. The molecule has 2 bridgehead atoms. The van der Waals surface area contributed by atoms with Crippen molar-refractivity contribution in [3.05, 3.63) is 25.3 Å². The van der Waals surface area contributed by atoms with Gasteiger partial charge in [0.15, 0.2) is 35.4 Å². The fourth-order valence-corrected chi connectivity index (χ4v) is 7.65. The molecule has 3 aliphatic rings. The molecule has 7 heterocycles. The largest absolute Gasteiger partial charge is 0.472 e. The van der Waals surface area contributed by atoms with Crippen LogP contribution in [0.2, 0.25) is 0 Å². The lowest BCUT2D eigenvalue weighted by molar-refractivity contribution is -0.0636. The minimum atomic E-state index is -5.01. The standard InChI is InChI=1S/C20H24N10O11P2S/c21-15-9-17(25-3-23-15)29(5-27-9)19-12(32)13-8(39-19)2-36-42(33,34)40-14-11(31)7(1-37-43(35,44)41-13)38-20(14)30-6-28-10-16(22)24-4-26-18(10)30/h3-8,11-14,19-20,31-32H,1-2H2,(H,33,34)(H,35,44)(H2,21,23,25)(H2,22,24,26)/t7-,8-,11-,12-,13-,14-,19-,20-,43-/m1/s1. The lowest BCUT2D eigenvalue weighted by Gasteiger charge is -2.26. The Morgan fingerprint density at radius 1 is 0.773 bits per heavy atom. The summed E-state index contributed by atoms with van der Waals surface area (Å²) in [6.07, 6.45) is -6.50. The molecule has 4 aromatic rings. The number of hydrogen-bond acceptors (Lipinski definition) is 18. The third-order valence-electron chi connectivity index (χ3n) is 7.26. The highest BCUT2D eigenvalue weighted by atomic mass is 32.7. The van der Waals surface area contributed by atoms with Crippen molar-refractivity contribution >= 4 is 60.8 Å². The van der Waals surface area contributed by atoms with E-state index in [2.05, 4.69) is 42.2 Å². The van der Waals surface area contributed by atoms with Gasteiger partial charge in [0.1, 0.15) is 60.3 Å². The molecule has 7 rings (SSSR count). The number of phosphoric acid groups is 1. The van der Waals surface area contributed by atoms with Crippen LogP contribution in [0.25, 0.3) is 22.3 Å². The first-order valence-electron chi connectivity index (χ1n) is 12.8. The van der Waals surface area contributed by atoms with Gasteiger partial charge in [0.2, 0.25) is 0 Å². The van der Waals surface area contributed by atoms with Crippen molar-refractivity contribution in [1.29, 1.82) is 0 Å². The van der Waals surface area contributed by atoms with Crippen molar-refractivity contribution in [2.75, 3.05) is 24.7 Å². The Morgan fingerprint density at radius 3 is 1.98 bits per heavy atom. The second kappa shape index (κ2) is 10.9. The summed E-state index contributed by atoms with van der Waals surface area (Å²) in [5.41, 5.74) is 12.5. The normalized spacial score (nSPS) is 38.3. The average molecular weight is 674 g/mol. The van der Waals surface area contributed by atoms with Crippen molar-refractivity contribution in [2.45, 2.75) is 49.1 Å². The Labute approximate surface area is 250 Å². The van der Waals surface area contributed by atoms with Crippen LogP contribution in [0.5, 0.6) is 0 Å². The number of anilines is 2. The molecule has 4 aromatic heterocycles. The van der Waals surface area contributed by atoms with Crippen LogP contribution in [0, 0.1) is 0 Å². The zero-order chi connectivity index (χ0) is 31.0. The number of rotatable bonds is 2. The maximum Gasteiger partial charge on any atom is 0.472 e. The number of aliphatic hydroxyl groups is 2. The smallest absolute Gasteiger partial charge is 0.387 e. The maximum absolute atomic E-state index is 13.4. The third kappa shape index (κ3) is 5.15. The highest BCUT2D eigenvalue weighted by Crippen LogP contribution is 2.58. The summed E-state index contributed by atoms with van der Waals surface area (Å²) in [6, 6.07) is 0. The number of nitrogen functional groups attached to an aromatic ring is 2. The Hall–Kier alpha value is -2.85. The van der Waals surface area contributed by atoms with Crippen LogP contribution in [0.4, 0.5) is 11.6 Å². The van der Waals surface area contributed by atoms with Crippen LogP contribution in [-0.2, 0) is 36.7 Å². The van der Waals surface area contributed by atoms with E-state index in [1.54, 1.807) is 0 Å². The Morgan fingerprint density at radius 2 is 1.34 bits per heavy atom. The molecular formula is C20H24N10O11P2S. The summed E-state index contributed by atoms with van der Waals surface area (Å²) < 4.78 is 62.7. The predicted octanol–water partition coefficient (Wildman–Crippen LogP) is -0.697. The number of ether oxygens (including phenoxy) is 2. The van der Waals surface area contributed by atoms with Gasteiger partial charge in [-0.2, -0.15) is 0 Å². The number of fused-ring (bicyclic) bond motifs is 5. The van der Waals surface area contributed by atoms with Gasteiger partial charge in [0, 0.05) is 0 Å². The van der Waals surface area contributed by atoms with Crippen molar-refractivity contribution < 1.29 is 51.8 Å². The summed E-state index contributed by atoms with van der Waals surface area (Å²) in [5.74, 6) is 0.134. The average Bonchev–Trinajstić information content (AvgIpc) is 3.73. The van der Waals surface area contributed by atoms with Crippen molar-refractivity contribution in [1.82, 2.24) is 39.0 Å². The van der Waals surface area contributed by atoms with Gasteiger partial charge in [-0.3, -0.25) is 27.2 Å². The first-order chi connectivity index (χ1) is 20.9. The number of aromatic nitrogens is 8. The van der Waals surface area contributed by atoms with Crippen LogP contribution >= 0.6 is 26.9 Å². The number of phosphoric ester groups is 1. The lowest BCUT2D eigenvalue weighted by Crippen LogP contribution is -2.36. The minimum Gasteiger partial charge on any atom is -0.387 e. The van der Waals surface area contributed by atoms with E-state index in [4.69, 9.17) is 39.0 Å². The zero-order valence-corrected chi connectivity index (χ0v) is 24.7. The van der Waals surface area contributed by atoms with Gasteiger partial charge in [-0.15, -0.1) is 0 Å². The van der Waals surface area contributed by atoms with Gasteiger partial charge in [0.05, 0.1) is 25.9 Å². The molecular weight excluding hydrogens is 650 g/mol. The molecule has 0 amide bonds. The second-order valence-corrected chi connectivity index (χ2v) is 14.2. The van der Waals surface area contributed by atoms with E-state index in [1.807, 2.05) is 0 Å². The van der Waals surface area contributed by atoms with Crippen molar-refractivity contribution in [2.24, 2.45) is 0 Å². The fraction of sp³-hybridized carbons (Fsp3) is 0.500. The molecule has 3 aliphatic heterocycles. The van der Waals surface area contributed by atoms with Crippen LogP contribution < -0.4 is 11.5 Å². The van der Waals surface area contributed by atoms with Crippen molar-refractivity contribution in [3.63, 3.8) is 0 Å². The van der Waals surface area contributed by atoms with E-state index in [0.29, 0.717) is 0 Å². The van der Waals surface area contributed by atoms with Crippen LogP contribution in [0.3, 0.4) is 0 Å². The second-order valence-electron chi connectivity index (χ2n) is 9.95. The molecule has 0 aromatic carbocycles. The van der Waals surface area contributed by atoms with Crippen LogP contribution in [0.15, 0.2) is 25.3 Å². The Balaban J connectivity index is 1.20. The fourth-order valence-electron chi connectivity index (χ4n) is 5.22. The van der Waals surface area contributed by atoms with Crippen LogP contribution in [-0.4, -0.2) is 104 Å². The highest BCUT2D eigenvalue weighted by molar-refractivity contribution is 8.44. The van der Waals surface area contributed by atoms with E-state index in [0.717, 1.165) is 0 Å². The molecule has 7 N–H and O–H groups in total. The van der Waals surface area contributed by atoms with Crippen LogP contribution in [0.1, 0.15) is 12.5 Å². The molecule has 3 saturated heterocycles. The molecule has 1 unspecified atom stereocenters. The molecule has 44 heavy (non-hydrogen) atoms. The lowest BCUT2D eigenvalue weighted by atomic mass is 10.1. The van der Waals surface area contributed by atoms with Crippen molar-refractivity contribution in [3.8, 4) is 0 Å². The number of thiol groups is 1. The number of imidazole rings is 2. The summed E-state index contributed by atoms with van der Waals surface area (Å²) >= 11 is 4.03. The highest BCUT2D eigenvalue weighted by Gasteiger charge is 2.53. The topological polar surface area (TPSA) is 289 Å². The quantitative estimate of drug-likeness (QED) is 0.113. The summed E-state index contributed by atoms with van der Waals surface area (Å²) in [6.45, 7) is -5.63. The summed E-state index contributed by atoms with van der Waals surface area (Å²) in [4.78, 5) is 35.0.